The Hall–Kier alpha value is -2.41. The number of amides is 2. The number of carbonyl (C=O) groups excluding carboxylic acids is 1. The van der Waals surface area contributed by atoms with Crippen molar-refractivity contribution in [2.75, 3.05) is 11.9 Å². The van der Waals surface area contributed by atoms with Gasteiger partial charge >= 0.3 is 6.03 Å². The van der Waals surface area contributed by atoms with E-state index in [-0.39, 0.29) is 11.7 Å². The third kappa shape index (κ3) is 3.56. The molecule has 2 N–H and O–H groups in total. The van der Waals surface area contributed by atoms with Crippen molar-refractivity contribution in [3.63, 3.8) is 0 Å². The van der Waals surface area contributed by atoms with E-state index in [1.54, 1.807) is 17.0 Å². The number of aliphatic hydroxyl groups is 1. The molecule has 3 rings (SSSR count). The molecule has 2 atom stereocenters. The Morgan fingerprint density at radius 1 is 1.42 bits per heavy atom. The Labute approximate surface area is 137 Å². The summed E-state index contributed by atoms with van der Waals surface area (Å²) in [6.45, 7) is 0.518. The Bertz CT molecular complexity index is 706. The zero-order valence-corrected chi connectivity index (χ0v) is 12.9. The molecule has 2 unspecified atom stereocenters. The van der Waals surface area contributed by atoms with Gasteiger partial charge in [-0.05, 0) is 37.1 Å². The quantitative estimate of drug-likeness (QED) is 0.895. The second-order valence-electron chi connectivity index (χ2n) is 5.81. The minimum absolute atomic E-state index is 0.0707. The molecule has 2 aromatic rings. The molecule has 1 fully saturated rings. The Kier molecular flexibility index (Phi) is 4.80. The SMILES string of the molecule is O=C(Nc1ccc(F)cc1F)N1CCCC1CC(O)c1ccco1. The Morgan fingerprint density at radius 3 is 2.96 bits per heavy atom. The summed E-state index contributed by atoms with van der Waals surface area (Å²) >= 11 is 0. The van der Waals surface area contributed by atoms with E-state index in [0.717, 1.165) is 25.0 Å². The van der Waals surface area contributed by atoms with Gasteiger partial charge in [-0.3, -0.25) is 0 Å². The Balaban J connectivity index is 1.65. The van der Waals surface area contributed by atoms with E-state index < -0.39 is 23.8 Å². The van der Waals surface area contributed by atoms with Gasteiger partial charge in [-0.25, -0.2) is 13.6 Å². The van der Waals surface area contributed by atoms with Gasteiger partial charge in [-0.15, -0.1) is 0 Å². The maximum absolute atomic E-state index is 13.7. The first-order valence-corrected chi connectivity index (χ1v) is 7.78. The Morgan fingerprint density at radius 2 is 2.25 bits per heavy atom. The van der Waals surface area contributed by atoms with E-state index in [9.17, 15) is 18.7 Å². The summed E-state index contributed by atoms with van der Waals surface area (Å²) in [5.41, 5.74) is -0.0707. The minimum Gasteiger partial charge on any atom is -0.467 e. The summed E-state index contributed by atoms with van der Waals surface area (Å²) in [5, 5.41) is 12.6. The molecular weight excluding hydrogens is 318 g/mol. The van der Waals surface area contributed by atoms with Crippen LogP contribution in [0.3, 0.4) is 0 Å². The van der Waals surface area contributed by atoms with Gasteiger partial charge in [-0.1, -0.05) is 0 Å². The molecule has 1 saturated heterocycles. The van der Waals surface area contributed by atoms with Crippen LogP contribution in [0.4, 0.5) is 19.3 Å². The average Bonchev–Trinajstić information content (AvgIpc) is 3.21. The van der Waals surface area contributed by atoms with Gasteiger partial charge in [0.25, 0.3) is 0 Å². The smallest absolute Gasteiger partial charge is 0.322 e. The van der Waals surface area contributed by atoms with E-state index in [2.05, 4.69) is 5.32 Å². The van der Waals surface area contributed by atoms with Crippen molar-refractivity contribution in [3.05, 3.63) is 54.0 Å². The van der Waals surface area contributed by atoms with Crippen molar-refractivity contribution in [1.82, 2.24) is 4.90 Å². The number of aliphatic hydroxyl groups excluding tert-OH is 1. The highest BCUT2D eigenvalue weighted by Crippen LogP contribution is 2.28. The number of nitrogens with one attached hydrogen (secondary N) is 1. The van der Waals surface area contributed by atoms with Crippen molar-refractivity contribution in [2.24, 2.45) is 0 Å². The number of hydrogen-bond donors (Lipinski definition) is 2. The van der Waals surface area contributed by atoms with Crippen LogP contribution < -0.4 is 5.32 Å². The van der Waals surface area contributed by atoms with E-state index in [1.165, 1.54) is 12.3 Å². The van der Waals surface area contributed by atoms with E-state index in [1.807, 2.05) is 0 Å². The molecule has 1 aromatic carbocycles. The van der Waals surface area contributed by atoms with Crippen LogP contribution in [0.15, 0.2) is 41.0 Å². The zero-order chi connectivity index (χ0) is 17.1. The lowest BCUT2D eigenvalue weighted by Gasteiger charge is -2.26. The summed E-state index contributed by atoms with van der Waals surface area (Å²) in [6.07, 6.45) is 2.56. The van der Waals surface area contributed by atoms with Crippen LogP contribution in [0, 0.1) is 11.6 Å². The topological polar surface area (TPSA) is 65.7 Å². The number of rotatable bonds is 4. The van der Waals surface area contributed by atoms with Gasteiger partial charge in [-0.2, -0.15) is 0 Å². The molecule has 2 heterocycles. The zero-order valence-electron chi connectivity index (χ0n) is 12.9. The van der Waals surface area contributed by atoms with Gasteiger partial charge < -0.3 is 19.7 Å². The van der Waals surface area contributed by atoms with Crippen molar-refractivity contribution in [3.8, 4) is 0 Å². The fourth-order valence-corrected chi connectivity index (χ4v) is 2.98. The third-order valence-electron chi connectivity index (χ3n) is 4.18. The normalized spacial score (nSPS) is 18.6. The number of halogens is 2. The van der Waals surface area contributed by atoms with E-state index >= 15 is 0 Å². The van der Waals surface area contributed by atoms with Crippen molar-refractivity contribution in [1.29, 1.82) is 0 Å². The number of nitrogens with zero attached hydrogens (tertiary/aromatic N) is 1. The molecule has 7 heteroatoms. The summed E-state index contributed by atoms with van der Waals surface area (Å²) in [5.74, 6) is -1.08. The molecule has 5 nitrogen and oxygen atoms in total. The summed E-state index contributed by atoms with van der Waals surface area (Å²) < 4.78 is 31.8. The predicted molar refractivity (Wildman–Crippen MR) is 83.4 cm³/mol. The first kappa shape index (κ1) is 16.4. The average molecular weight is 336 g/mol. The van der Waals surface area contributed by atoms with Crippen molar-refractivity contribution < 1.29 is 23.1 Å². The molecule has 128 valence electrons. The first-order chi connectivity index (χ1) is 11.5. The molecule has 0 spiro atoms. The number of hydrogen-bond acceptors (Lipinski definition) is 3. The van der Waals surface area contributed by atoms with E-state index in [4.69, 9.17) is 4.42 Å². The van der Waals surface area contributed by atoms with Crippen molar-refractivity contribution >= 4 is 11.7 Å². The monoisotopic (exact) mass is 336 g/mol. The van der Waals surface area contributed by atoms with Gasteiger partial charge in [0, 0.05) is 25.1 Å². The lowest BCUT2D eigenvalue weighted by molar-refractivity contribution is 0.110. The molecule has 1 aliphatic rings. The molecule has 24 heavy (non-hydrogen) atoms. The van der Waals surface area contributed by atoms with Crippen LogP contribution in [0.5, 0.6) is 0 Å². The fourth-order valence-electron chi connectivity index (χ4n) is 2.98. The standard InChI is InChI=1S/C17H18F2N2O3/c18-11-5-6-14(13(19)9-11)20-17(23)21-7-1-3-12(21)10-15(22)16-4-2-8-24-16/h2,4-6,8-9,12,15,22H,1,3,7,10H2,(H,20,23). The minimum atomic E-state index is -0.824. The van der Waals surface area contributed by atoms with Crippen LogP contribution >= 0.6 is 0 Å². The molecule has 1 aliphatic heterocycles. The molecule has 0 bridgehead atoms. The number of likely N-dealkylation sites (tertiary alicyclic amines) is 1. The first-order valence-electron chi connectivity index (χ1n) is 7.78. The highest BCUT2D eigenvalue weighted by Gasteiger charge is 2.31. The fraction of sp³-hybridized carbons (Fsp3) is 0.353. The maximum Gasteiger partial charge on any atom is 0.322 e. The molecular formula is C17H18F2N2O3. The van der Waals surface area contributed by atoms with Crippen LogP contribution in [-0.2, 0) is 0 Å². The van der Waals surface area contributed by atoms with E-state index in [0.29, 0.717) is 18.7 Å². The second-order valence-corrected chi connectivity index (χ2v) is 5.81. The highest BCUT2D eigenvalue weighted by atomic mass is 19.1. The summed E-state index contributed by atoms with van der Waals surface area (Å²) in [6, 6.07) is 5.72. The molecule has 2 amide bonds. The predicted octanol–water partition coefficient (Wildman–Crippen LogP) is 3.68. The lowest BCUT2D eigenvalue weighted by Crippen LogP contribution is -2.39. The lowest BCUT2D eigenvalue weighted by atomic mass is 10.1. The van der Waals surface area contributed by atoms with Gasteiger partial charge in [0.15, 0.2) is 0 Å². The summed E-state index contributed by atoms with van der Waals surface area (Å²) in [7, 11) is 0. The molecule has 1 aromatic heterocycles. The number of anilines is 1. The van der Waals surface area contributed by atoms with Crippen LogP contribution in [-0.4, -0.2) is 28.6 Å². The third-order valence-corrected chi connectivity index (χ3v) is 4.18. The number of carbonyl (C=O) groups is 1. The summed E-state index contributed by atoms with van der Waals surface area (Å²) in [4.78, 5) is 13.9. The second kappa shape index (κ2) is 7.00. The largest absolute Gasteiger partial charge is 0.467 e. The highest BCUT2D eigenvalue weighted by molar-refractivity contribution is 5.89. The molecule has 0 radical (unpaired) electrons. The van der Waals surface area contributed by atoms with Gasteiger partial charge in [0.05, 0.1) is 12.0 Å². The van der Waals surface area contributed by atoms with Crippen LogP contribution in [0.2, 0.25) is 0 Å². The number of benzene rings is 1. The van der Waals surface area contributed by atoms with Crippen LogP contribution in [0.1, 0.15) is 31.1 Å². The van der Waals surface area contributed by atoms with Gasteiger partial charge in [0.1, 0.15) is 23.5 Å². The maximum atomic E-state index is 13.7. The van der Waals surface area contributed by atoms with Gasteiger partial charge in [0.2, 0.25) is 0 Å². The van der Waals surface area contributed by atoms with Crippen LogP contribution in [0.25, 0.3) is 0 Å². The molecule has 0 aliphatic carbocycles. The number of furan rings is 1. The van der Waals surface area contributed by atoms with Crippen molar-refractivity contribution in [2.45, 2.75) is 31.4 Å². The number of urea groups is 1. The molecule has 0 saturated carbocycles.